The van der Waals surface area contributed by atoms with E-state index in [0.29, 0.717) is 17.3 Å². The van der Waals surface area contributed by atoms with Gasteiger partial charge < -0.3 is 14.8 Å². The predicted octanol–water partition coefficient (Wildman–Crippen LogP) is 3.91. The van der Waals surface area contributed by atoms with Crippen LogP contribution in [0.2, 0.25) is 0 Å². The van der Waals surface area contributed by atoms with Gasteiger partial charge >= 0.3 is 0 Å². The van der Waals surface area contributed by atoms with Crippen LogP contribution in [0.1, 0.15) is 41.7 Å². The first kappa shape index (κ1) is 19.9. The van der Waals surface area contributed by atoms with Gasteiger partial charge in [-0.1, -0.05) is 18.2 Å². The number of pyridine rings is 1. The lowest BCUT2D eigenvalue weighted by molar-refractivity contribution is 0.0885. The fourth-order valence-corrected chi connectivity index (χ4v) is 3.65. The van der Waals surface area contributed by atoms with E-state index in [0.717, 1.165) is 42.6 Å². The van der Waals surface area contributed by atoms with E-state index >= 15 is 0 Å². The lowest BCUT2D eigenvalue weighted by Gasteiger charge is -2.29. The molecule has 0 unspecified atom stereocenters. The molecule has 2 heterocycles. The molecule has 1 aliphatic carbocycles. The second kappa shape index (κ2) is 8.98. The zero-order valence-corrected chi connectivity index (χ0v) is 17.2. The van der Waals surface area contributed by atoms with Gasteiger partial charge in [-0.25, -0.2) is 4.98 Å². The number of rotatable bonds is 6. The number of benzene rings is 1. The molecule has 1 fully saturated rings. The molecule has 0 radical (unpaired) electrons. The molecule has 4 rings (SSSR count). The summed E-state index contributed by atoms with van der Waals surface area (Å²) in [4.78, 5) is 16.9. The summed E-state index contributed by atoms with van der Waals surface area (Å²) < 4.78 is 11.2. The van der Waals surface area contributed by atoms with Crippen molar-refractivity contribution in [2.75, 3.05) is 7.11 Å². The van der Waals surface area contributed by atoms with Crippen LogP contribution in [0.25, 0.3) is 11.3 Å². The monoisotopic (exact) mass is 406 g/mol. The summed E-state index contributed by atoms with van der Waals surface area (Å²) in [5.41, 5.74) is 3.17. The van der Waals surface area contributed by atoms with Gasteiger partial charge in [-0.15, -0.1) is 0 Å². The number of aromatic amines is 1. The predicted molar refractivity (Wildman–Crippen MR) is 114 cm³/mol. The summed E-state index contributed by atoms with van der Waals surface area (Å²) in [6.45, 7) is 2.00. The van der Waals surface area contributed by atoms with E-state index in [1.165, 1.54) is 0 Å². The maximum Gasteiger partial charge on any atom is 0.269 e. The highest BCUT2D eigenvalue weighted by Crippen LogP contribution is 2.25. The third-order valence-electron chi connectivity index (χ3n) is 5.37. The normalized spacial score (nSPS) is 18.6. The van der Waals surface area contributed by atoms with E-state index in [2.05, 4.69) is 20.5 Å². The zero-order chi connectivity index (χ0) is 20.9. The maximum atomic E-state index is 12.6. The van der Waals surface area contributed by atoms with Gasteiger partial charge in [0.05, 0.1) is 12.8 Å². The van der Waals surface area contributed by atoms with E-state index in [4.69, 9.17) is 9.47 Å². The summed E-state index contributed by atoms with van der Waals surface area (Å²) >= 11 is 0. The van der Waals surface area contributed by atoms with Gasteiger partial charge in [0.2, 0.25) is 5.88 Å². The maximum absolute atomic E-state index is 12.6. The van der Waals surface area contributed by atoms with Gasteiger partial charge in [-0.3, -0.25) is 9.89 Å². The Morgan fingerprint density at radius 3 is 2.70 bits per heavy atom. The molecular weight excluding hydrogens is 380 g/mol. The Hall–Kier alpha value is -3.35. The van der Waals surface area contributed by atoms with Crippen molar-refractivity contribution in [2.24, 2.45) is 0 Å². The minimum atomic E-state index is -0.138. The Kier molecular flexibility index (Phi) is 5.97. The van der Waals surface area contributed by atoms with Gasteiger partial charge in [0.15, 0.2) is 0 Å². The molecule has 1 saturated carbocycles. The number of hydrogen-bond donors (Lipinski definition) is 2. The summed E-state index contributed by atoms with van der Waals surface area (Å²) in [7, 11) is 1.62. The van der Waals surface area contributed by atoms with Crippen molar-refractivity contribution in [1.82, 2.24) is 20.5 Å². The molecule has 0 atom stereocenters. The average molecular weight is 406 g/mol. The van der Waals surface area contributed by atoms with E-state index in [1.807, 2.05) is 49.5 Å². The van der Waals surface area contributed by atoms with Crippen LogP contribution in [0.15, 0.2) is 48.7 Å². The van der Waals surface area contributed by atoms with E-state index < -0.39 is 0 Å². The van der Waals surface area contributed by atoms with Crippen molar-refractivity contribution in [3.05, 3.63) is 59.9 Å². The molecule has 1 aromatic carbocycles. The van der Waals surface area contributed by atoms with Gasteiger partial charge in [-0.05, 0) is 56.4 Å². The Morgan fingerprint density at radius 1 is 1.13 bits per heavy atom. The highest BCUT2D eigenvalue weighted by molar-refractivity contribution is 5.93. The minimum Gasteiger partial charge on any atom is -0.497 e. The number of hydrogen-bond acceptors (Lipinski definition) is 5. The topological polar surface area (TPSA) is 89.1 Å². The summed E-state index contributed by atoms with van der Waals surface area (Å²) in [5, 5.41) is 10.2. The van der Waals surface area contributed by atoms with Crippen LogP contribution in [-0.2, 0) is 0 Å². The van der Waals surface area contributed by atoms with E-state index in [9.17, 15) is 4.79 Å². The molecule has 0 saturated heterocycles. The number of ether oxygens (including phenoxy) is 2. The number of nitrogens with one attached hydrogen (secondary N) is 2. The number of methoxy groups -OCH3 is 1. The van der Waals surface area contributed by atoms with Crippen molar-refractivity contribution < 1.29 is 14.3 Å². The third-order valence-corrected chi connectivity index (χ3v) is 5.37. The molecule has 0 spiro atoms. The van der Waals surface area contributed by atoms with Crippen LogP contribution in [-0.4, -0.2) is 40.3 Å². The molecule has 0 aliphatic heterocycles. The SMILES string of the molecule is COc1cccc(-c2cc(C(=O)NC3CCC(Oc4ccc(C)cn4)CC3)[nH]n2)c1. The van der Waals surface area contributed by atoms with E-state index in [-0.39, 0.29) is 18.1 Å². The molecule has 0 bridgehead atoms. The van der Waals surface area contributed by atoms with Crippen molar-refractivity contribution in [1.29, 1.82) is 0 Å². The Bertz CT molecular complexity index is 992. The lowest BCUT2D eigenvalue weighted by atomic mass is 9.93. The number of carbonyl (C=O) groups is 1. The van der Waals surface area contributed by atoms with Gasteiger partial charge in [0, 0.05) is 23.9 Å². The quantitative estimate of drug-likeness (QED) is 0.648. The molecule has 1 amide bonds. The van der Waals surface area contributed by atoms with Crippen LogP contribution in [0.3, 0.4) is 0 Å². The molecule has 1 aliphatic rings. The Morgan fingerprint density at radius 2 is 1.97 bits per heavy atom. The van der Waals surface area contributed by atoms with Gasteiger partial charge in [-0.2, -0.15) is 5.10 Å². The Labute approximate surface area is 175 Å². The first-order chi connectivity index (χ1) is 14.6. The zero-order valence-electron chi connectivity index (χ0n) is 17.2. The molecule has 7 heteroatoms. The molecule has 7 nitrogen and oxygen atoms in total. The third kappa shape index (κ3) is 4.79. The van der Waals surface area contributed by atoms with E-state index in [1.54, 1.807) is 13.2 Å². The molecule has 156 valence electrons. The van der Waals surface area contributed by atoms with Crippen LogP contribution in [0, 0.1) is 6.92 Å². The first-order valence-corrected chi connectivity index (χ1v) is 10.2. The van der Waals surface area contributed by atoms with Crippen LogP contribution in [0.4, 0.5) is 0 Å². The number of carbonyl (C=O) groups excluding carboxylic acids is 1. The van der Waals surface area contributed by atoms with Crippen molar-refractivity contribution in [2.45, 2.75) is 44.8 Å². The molecule has 30 heavy (non-hydrogen) atoms. The second-order valence-electron chi connectivity index (χ2n) is 7.64. The number of nitrogens with zero attached hydrogens (tertiary/aromatic N) is 2. The fraction of sp³-hybridized carbons (Fsp3) is 0.348. The molecule has 2 aromatic heterocycles. The minimum absolute atomic E-state index is 0.131. The fourth-order valence-electron chi connectivity index (χ4n) is 3.65. The first-order valence-electron chi connectivity index (χ1n) is 10.2. The van der Waals surface area contributed by atoms with Crippen LogP contribution >= 0.6 is 0 Å². The highest BCUT2D eigenvalue weighted by atomic mass is 16.5. The van der Waals surface area contributed by atoms with Crippen molar-refractivity contribution in [3.63, 3.8) is 0 Å². The standard InChI is InChI=1S/C23H26N4O3/c1-15-6-11-22(24-14-15)30-18-9-7-17(8-10-18)25-23(28)21-13-20(26-27-21)16-4-3-5-19(12-16)29-2/h3-6,11-14,17-18H,7-10H2,1-2H3,(H,25,28)(H,26,27). The summed E-state index contributed by atoms with van der Waals surface area (Å²) in [6, 6.07) is 13.4. The highest BCUT2D eigenvalue weighted by Gasteiger charge is 2.25. The Balaban J connectivity index is 1.30. The number of aryl methyl sites for hydroxylation is 1. The van der Waals surface area contributed by atoms with Crippen molar-refractivity contribution >= 4 is 5.91 Å². The molecule has 2 N–H and O–H groups in total. The largest absolute Gasteiger partial charge is 0.497 e. The van der Waals surface area contributed by atoms with Crippen molar-refractivity contribution in [3.8, 4) is 22.9 Å². The summed E-state index contributed by atoms with van der Waals surface area (Å²) in [6.07, 6.45) is 5.47. The number of aromatic nitrogens is 3. The van der Waals surface area contributed by atoms with Gasteiger partial charge in [0.1, 0.15) is 17.5 Å². The number of amides is 1. The molecule has 3 aromatic rings. The van der Waals surface area contributed by atoms with Crippen LogP contribution < -0.4 is 14.8 Å². The smallest absolute Gasteiger partial charge is 0.269 e. The molecular formula is C23H26N4O3. The van der Waals surface area contributed by atoms with Crippen LogP contribution in [0.5, 0.6) is 11.6 Å². The number of H-pyrrole nitrogens is 1. The lowest BCUT2D eigenvalue weighted by Crippen LogP contribution is -2.39. The summed E-state index contributed by atoms with van der Waals surface area (Å²) in [5.74, 6) is 1.28. The van der Waals surface area contributed by atoms with Gasteiger partial charge in [0.25, 0.3) is 5.91 Å². The second-order valence-corrected chi connectivity index (χ2v) is 7.64. The average Bonchev–Trinajstić information content (AvgIpc) is 3.27.